The number of hydrogen-bond acceptors (Lipinski definition) is 2. The number of halogens is 1. The predicted octanol–water partition coefficient (Wildman–Crippen LogP) is 1.95. The summed E-state index contributed by atoms with van der Waals surface area (Å²) in [6.45, 7) is 0. The molecule has 0 unspecified atom stereocenters. The molecule has 0 N–H and O–H groups in total. The van der Waals surface area contributed by atoms with Gasteiger partial charge in [-0.25, -0.2) is 12.8 Å². The Labute approximate surface area is 81.9 Å². The summed E-state index contributed by atoms with van der Waals surface area (Å²) in [7, 11) is -2.60. The van der Waals surface area contributed by atoms with E-state index in [1.165, 1.54) is 24.3 Å². The van der Waals surface area contributed by atoms with Crippen LogP contribution in [0.1, 0.15) is 0 Å². The first kappa shape index (κ1) is 9.15. The quantitative estimate of drug-likeness (QED) is 0.730. The van der Waals surface area contributed by atoms with Gasteiger partial charge in [0.05, 0.1) is 4.90 Å². The van der Waals surface area contributed by atoms with Crippen molar-refractivity contribution in [3.05, 3.63) is 42.2 Å². The van der Waals surface area contributed by atoms with Gasteiger partial charge in [0.25, 0.3) is 0 Å². The summed E-state index contributed by atoms with van der Waals surface area (Å²) >= 11 is 0. The average Bonchev–Trinajstić information content (AvgIpc) is 2.16. The zero-order chi connectivity index (χ0) is 10.1. The fraction of sp³-hybridized carbons (Fsp3) is 0. The third-order valence-electron chi connectivity index (χ3n) is 2.00. The van der Waals surface area contributed by atoms with Crippen molar-refractivity contribution in [2.24, 2.45) is 0 Å². The second-order valence-corrected chi connectivity index (χ2v) is 3.96. The molecule has 72 valence electrons. The van der Waals surface area contributed by atoms with Gasteiger partial charge in [0, 0.05) is 0 Å². The van der Waals surface area contributed by atoms with E-state index in [9.17, 15) is 12.8 Å². The minimum absolute atomic E-state index is 0.207. The maximum Gasteiger partial charge on any atom is 0.168 e. The second kappa shape index (κ2) is 3.38. The van der Waals surface area contributed by atoms with E-state index in [0.717, 1.165) is 5.39 Å². The molecule has 0 fully saturated rings. The molecule has 2 aromatic rings. The first-order chi connectivity index (χ1) is 6.66. The Morgan fingerprint density at radius 2 is 1.64 bits per heavy atom. The number of rotatable bonds is 1. The monoisotopic (exact) mass is 210 g/mol. The summed E-state index contributed by atoms with van der Waals surface area (Å²) in [5.74, 6) is -0.365. The van der Waals surface area contributed by atoms with Crippen molar-refractivity contribution in [2.45, 2.75) is 4.90 Å². The molecule has 0 saturated heterocycles. The topological polar surface area (TPSA) is 34.1 Å². The molecule has 2 rings (SSSR count). The van der Waals surface area contributed by atoms with Crippen LogP contribution in [0, 0.1) is 5.82 Å². The Morgan fingerprint density at radius 3 is 2.36 bits per heavy atom. The van der Waals surface area contributed by atoms with Crippen molar-refractivity contribution < 1.29 is 12.8 Å². The number of thiol groups is 1. The van der Waals surface area contributed by atoms with Crippen molar-refractivity contribution in [2.75, 3.05) is 0 Å². The Bertz CT molecular complexity index is 553. The summed E-state index contributed by atoms with van der Waals surface area (Å²) in [6.07, 6.45) is 0. The minimum Gasteiger partial charge on any atom is -0.227 e. The van der Waals surface area contributed by atoms with Crippen LogP contribution in [0.4, 0.5) is 4.39 Å². The molecule has 0 saturated carbocycles. The van der Waals surface area contributed by atoms with Crippen molar-refractivity contribution in [3.63, 3.8) is 0 Å². The van der Waals surface area contributed by atoms with Crippen molar-refractivity contribution in [1.82, 2.24) is 0 Å². The van der Waals surface area contributed by atoms with Crippen LogP contribution >= 0.6 is 0 Å². The van der Waals surface area contributed by atoms with Crippen LogP contribution < -0.4 is 0 Å². The lowest BCUT2D eigenvalue weighted by atomic mass is 10.1. The number of benzene rings is 2. The lowest BCUT2D eigenvalue weighted by Crippen LogP contribution is -1.81. The van der Waals surface area contributed by atoms with E-state index in [4.69, 9.17) is 0 Å². The van der Waals surface area contributed by atoms with Gasteiger partial charge in [0.2, 0.25) is 0 Å². The van der Waals surface area contributed by atoms with Crippen LogP contribution in [-0.4, -0.2) is 8.42 Å². The maximum atomic E-state index is 12.8. The Hall–Kier alpha value is -1.42. The largest absolute Gasteiger partial charge is 0.227 e. The molecule has 2 nitrogen and oxygen atoms in total. The first-order valence-corrected chi connectivity index (χ1v) is 5.18. The molecule has 4 heteroatoms. The van der Waals surface area contributed by atoms with Crippen LogP contribution in [0.2, 0.25) is 0 Å². The molecule has 0 amide bonds. The van der Waals surface area contributed by atoms with Gasteiger partial charge < -0.3 is 0 Å². The van der Waals surface area contributed by atoms with Gasteiger partial charge in [-0.1, -0.05) is 12.1 Å². The highest BCUT2D eigenvalue weighted by Gasteiger charge is 1.99. The van der Waals surface area contributed by atoms with Crippen LogP contribution in [0.15, 0.2) is 41.3 Å². The number of fused-ring (bicyclic) bond motifs is 1. The zero-order valence-corrected chi connectivity index (χ0v) is 8.00. The fourth-order valence-corrected chi connectivity index (χ4v) is 1.76. The van der Waals surface area contributed by atoms with Crippen LogP contribution in [-0.2, 0) is 10.7 Å². The summed E-state index contributed by atoms with van der Waals surface area (Å²) < 4.78 is 34.2. The molecule has 0 aromatic heterocycles. The summed E-state index contributed by atoms with van der Waals surface area (Å²) in [4.78, 5) is 0.207. The van der Waals surface area contributed by atoms with Gasteiger partial charge in [-0.3, -0.25) is 0 Å². The molecule has 0 bridgehead atoms. The van der Waals surface area contributed by atoms with Crippen molar-refractivity contribution >= 4 is 21.5 Å². The van der Waals surface area contributed by atoms with E-state index in [0.29, 0.717) is 5.39 Å². The maximum absolute atomic E-state index is 12.8. The van der Waals surface area contributed by atoms with E-state index in [2.05, 4.69) is 0 Å². The molecule has 0 aliphatic rings. The van der Waals surface area contributed by atoms with E-state index in [1.807, 2.05) is 0 Å². The molecule has 2 aromatic carbocycles. The smallest absolute Gasteiger partial charge is 0.168 e. The lowest BCUT2D eigenvalue weighted by molar-refractivity contribution is 0.614. The van der Waals surface area contributed by atoms with Gasteiger partial charge in [-0.15, -0.1) is 0 Å². The summed E-state index contributed by atoms with van der Waals surface area (Å²) in [5.41, 5.74) is 0. The third kappa shape index (κ3) is 1.61. The van der Waals surface area contributed by atoms with E-state index in [1.54, 1.807) is 12.1 Å². The van der Waals surface area contributed by atoms with Crippen LogP contribution in [0.3, 0.4) is 0 Å². The fourth-order valence-electron chi connectivity index (χ4n) is 1.32. The Balaban J connectivity index is 2.75. The predicted molar refractivity (Wildman–Crippen MR) is 52.5 cm³/mol. The lowest BCUT2D eigenvalue weighted by Gasteiger charge is -1.98. The highest BCUT2D eigenvalue weighted by Crippen LogP contribution is 2.17. The molecule has 14 heavy (non-hydrogen) atoms. The standard InChI is InChI=1S/C10H7FO2S/c11-9-3-1-7-2-4-10(14(12)13)6-8(7)5-9/h1-6,14H. The molecule has 0 aliphatic heterocycles. The van der Waals surface area contributed by atoms with Gasteiger partial charge in [-0.05, 0) is 35.0 Å². The van der Waals surface area contributed by atoms with Crippen LogP contribution in [0.5, 0.6) is 0 Å². The molecular formula is C10H7FO2S. The molecule has 0 atom stereocenters. The van der Waals surface area contributed by atoms with Crippen molar-refractivity contribution in [1.29, 1.82) is 0 Å². The van der Waals surface area contributed by atoms with Crippen LogP contribution in [0.25, 0.3) is 10.8 Å². The SMILES string of the molecule is O=[SH](=O)c1ccc2ccc(F)cc2c1. The highest BCUT2D eigenvalue weighted by atomic mass is 32.2. The zero-order valence-electron chi connectivity index (χ0n) is 7.11. The molecular weight excluding hydrogens is 203 g/mol. The minimum atomic E-state index is -2.60. The number of hydrogen-bond donors (Lipinski definition) is 1. The van der Waals surface area contributed by atoms with Crippen molar-refractivity contribution in [3.8, 4) is 0 Å². The molecule has 0 radical (unpaired) electrons. The first-order valence-electron chi connectivity index (χ1n) is 4.00. The van der Waals surface area contributed by atoms with E-state index < -0.39 is 10.7 Å². The third-order valence-corrected chi connectivity index (χ3v) is 2.70. The normalized spacial score (nSPS) is 11.0. The summed E-state index contributed by atoms with van der Waals surface area (Å²) in [6, 6.07) is 8.91. The average molecular weight is 210 g/mol. The van der Waals surface area contributed by atoms with E-state index in [-0.39, 0.29) is 10.7 Å². The van der Waals surface area contributed by atoms with E-state index >= 15 is 0 Å². The Kier molecular flexibility index (Phi) is 2.21. The second-order valence-electron chi connectivity index (χ2n) is 2.93. The van der Waals surface area contributed by atoms with Gasteiger partial charge in [0.1, 0.15) is 5.82 Å². The molecule has 0 spiro atoms. The highest BCUT2D eigenvalue weighted by molar-refractivity contribution is 7.72. The van der Waals surface area contributed by atoms with Gasteiger partial charge in [-0.2, -0.15) is 0 Å². The van der Waals surface area contributed by atoms with Gasteiger partial charge >= 0.3 is 0 Å². The summed E-state index contributed by atoms with van der Waals surface area (Å²) in [5, 5.41) is 1.42. The Morgan fingerprint density at radius 1 is 0.929 bits per heavy atom. The molecule has 0 aliphatic carbocycles. The molecule has 0 heterocycles. The van der Waals surface area contributed by atoms with Gasteiger partial charge in [0.15, 0.2) is 10.7 Å².